The van der Waals surface area contributed by atoms with E-state index in [1.165, 1.54) is 0 Å². The number of sulfone groups is 1. The van der Waals surface area contributed by atoms with Crippen LogP contribution in [0.15, 0.2) is 51.8 Å². The predicted octanol–water partition coefficient (Wildman–Crippen LogP) is 2.91. The van der Waals surface area contributed by atoms with Crippen LogP contribution in [0, 0.1) is 10.1 Å². The normalized spacial score (nSPS) is 11.5. The highest BCUT2D eigenvalue weighted by Crippen LogP contribution is 2.29. The first-order valence-electron chi connectivity index (χ1n) is 8.00. The van der Waals surface area contributed by atoms with Gasteiger partial charge in [-0.15, -0.1) is 0 Å². The zero-order valence-electron chi connectivity index (χ0n) is 14.8. The standard InChI is InChI=1S/C16H15N5O5S2/c1-10(2)20-8-7-13(19-20)15(22)18-16-17-9-14(27-16)28(25,26)12-5-3-11(4-6-12)21(23)24/h3-10H,1-2H3,(H,17,18,22). The molecule has 0 aliphatic rings. The highest BCUT2D eigenvalue weighted by atomic mass is 32.2. The number of carbonyl (C=O) groups is 1. The van der Waals surface area contributed by atoms with E-state index in [9.17, 15) is 23.3 Å². The van der Waals surface area contributed by atoms with Gasteiger partial charge in [-0.1, -0.05) is 11.3 Å². The molecule has 10 nitrogen and oxygen atoms in total. The number of benzene rings is 1. The van der Waals surface area contributed by atoms with Crippen LogP contribution >= 0.6 is 11.3 Å². The Morgan fingerprint density at radius 3 is 2.50 bits per heavy atom. The van der Waals surface area contributed by atoms with E-state index in [4.69, 9.17) is 0 Å². The van der Waals surface area contributed by atoms with Crippen molar-refractivity contribution in [3.05, 3.63) is 58.5 Å². The number of hydrogen-bond donors (Lipinski definition) is 1. The van der Waals surface area contributed by atoms with Gasteiger partial charge >= 0.3 is 0 Å². The molecule has 0 aliphatic heterocycles. The second-order valence-corrected chi connectivity index (χ2v) is 9.17. The maximum absolute atomic E-state index is 12.6. The van der Waals surface area contributed by atoms with E-state index in [2.05, 4.69) is 15.4 Å². The van der Waals surface area contributed by atoms with Crippen molar-refractivity contribution in [2.24, 2.45) is 0 Å². The Hall–Kier alpha value is -3.12. The van der Waals surface area contributed by atoms with Gasteiger partial charge in [-0.05, 0) is 32.0 Å². The third-order valence-electron chi connectivity index (χ3n) is 3.70. The van der Waals surface area contributed by atoms with E-state index in [0.717, 1.165) is 41.8 Å². The number of nitro benzene ring substituents is 1. The van der Waals surface area contributed by atoms with Crippen LogP contribution in [0.4, 0.5) is 10.8 Å². The van der Waals surface area contributed by atoms with Gasteiger partial charge in [0.1, 0.15) is 4.21 Å². The molecular weight excluding hydrogens is 406 g/mol. The third kappa shape index (κ3) is 3.92. The van der Waals surface area contributed by atoms with Crippen molar-refractivity contribution in [2.75, 3.05) is 5.32 Å². The van der Waals surface area contributed by atoms with E-state index >= 15 is 0 Å². The number of aromatic nitrogens is 3. The Kier molecular flexibility index (Phi) is 5.25. The molecule has 0 saturated heterocycles. The van der Waals surface area contributed by atoms with Crippen molar-refractivity contribution >= 4 is 37.9 Å². The summed E-state index contributed by atoms with van der Waals surface area (Å²) in [7, 11) is -3.91. The number of hydrogen-bond acceptors (Lipinski definition) is 8. The molecule has 2 heterocycles. The summed E-state index contributed by atoms with van der Waals surface area (Å²) in [6.07, 6.45) is 2.80. The lowest BCUT2D eigenvalue weighted by Gasteiger charge is -2.03. The molecule has 12 heteroatoms. The second kappa shape index (κ2) is 7.48. The van der Waals surface area contributed by atoms with Crippen LogP contribution in [0.3, 0.4) is 0 Å². The van der Waals surface area contributed by atoms with Gasteiger partial charge in [0.25, 0.3) is 11.6 Å². The largest absolute Gasteiger partial charge is 0.296 e. The first-order chi connectivity index (χ1) is 13.2. The molecule has 1 N–H and O–H groups in total. The molecular formula is C16H15N5O5S2. The van der Waals surface area contributed by atoms with Gasteiger partial charge in [0.2, 0.25) is 9.84 Å². The number of amides is 1. The fourth-order valence-electron chi connectivity index (χ4n) is 2.21. The minimum Gasteiger partial charge on any atom is -0.296 e. The summed E-state index contributed by atoms with van der Waals surface area (Å²) in [4.78, 5) is 26.2. The molecule has 2 aromatic heterocycles. The smallest absolute Gasteiger partial charge is 0.277 e. The molecule has 0 spiro atoms. The van der Waals surface area contributed by atoms with Crippen molar-refractivity contribution in [2.45, 2.75) is 29.0 Å². The fourth-order valence-corrected chi connectivity index (χ4v) is 4.64. The zero-order valence-corrected chi connectivity index (χ0v) is 16.4. The van der Waals surface area contributed by atoms with Crippen LogP contribution in [0.25, 0.3) is 0 Å². The fraction of sp³-hybridized carbons (Fsp3) is 0.188. The van der Waals surface area contributed by atoms with Crippen LogP contribution in [-0.2, 0) is 9.84 Å². The molecule has 0 fully saturated rings. The van der Waals surface area contributed by atoms with E-state index < -0.39 is 20.7 Å². The lowest BCUT2D eigenvalue weighted by Crippen LogP contribution is -2.13. The van der Waals surface area contributed by atoms with Gasteiger partial charge in [0.15, 0.2) is 10.8 Å². The van der Waals surface area contributed by atoms with Crippen LogP contribution in [0.1, 0.15) is 30.4 Å². The highest BCUT2D eigenvalue weighted by molar-refractivity contribution is 7.93. The summed E-state index contributed by atoms with van der Waals surface area (Å²) in [6, 6.07) is 6.19. The molecule has 0 atom stereocenters. The minimum atomic E-state index is -3.91. The summed E-state index contributed by atoms with van der Waals surface area (Å²) in [5.74, 6) is -0.506. The van der Waals surface area contributed by atoms with Crippen LogP contribution < -0.4 is 5.32 Å². The lowest BCUT2D eigenvalue weighted by atomic mass is 10.3. The molecule has 0 aliphatic carbocycles. The summed E-state index contributed by atoms with van der Waals surface area (Å²) >= 11 is 0.782. The number of carbonyl (C=O) groups excluding carboxylic acids is 1. The average Bonchev–Trinajstić information content (AvgIpc) is 3.31. The Morgan fingerprint density at radius 2 is 1.93 bits per heavy atom. The van der Waals surface area contributed by atoms with Crippen molar-refractivity contribution in [3.63, 3.8) is 0 Å². The van der Waals surface area contributed by atoms with Crippen LogP contribution in [-0.4, -0.2) is 34.0 Å². The van der Waals surface area contributed by atoms with E-state index in [1.807, 2.05) is 13.8 Å². The Labute approximate surface area is 163 Å². The number of non-ortho nitro benzene ring substituents is 1. The van der Waals surface area contributed by atoms with Gasteiger partial charge in [-0.2, -0.15) is 5.10 Å². The number of nitrogens with zero attached hydrogens (tertiary/aromatic N) is 4. The molecule has 0 saturated carbocycles. The first-order valence-corrected chi connectivity index (χ1v) is 10.3. The number of nitro groups is 1. The van der Waals surface area contributed by atoms with Crippen molar-refractivity contribution < 1.29 is 18.1 Å². The van der Waals surface area contributed by atoms with Crippen molar-refractivity contribution in [3.8, 4) is 0 Å². The Balaban J connectivity index is 1.78. The number of anilines is 1. The molecule has 146 valence electrons. The van der Waals surface area contributed by atoms with Gasteiger partial charge in [0.05, 0.1) is 16.0 Å². The molecule has 1 amide bonds. The van der Waals surface area contributed by atoms with Crippen molar-refractivity contribution in [1.82, 2.24) is 14.8 Å². The van der Waals surface area contributed by atoms with Crippen LogP contribution in [0.2, 0.25) is 0 Å². The molecule has 0 unspecified atom stereocenters. The Morgan fingerprint density at radius 1 is 1.25 bits per heavy atom. The number of rotatable bonds is 6. The second-order valence-electron chi connectivity index (χ2n) is 5.97. The van der Waals surface area contributed by atoms with Gasteiger partial charge < -0.3 is 0 Å². The maximum Gasteiger partial charge on any atom is 0.277 e. The van der Waals surface area contributed by atoms with E-state index in [0.29, 0.717) is 0 Å². The molecule has 3 rings (SSSR count). The average molecular weight is 421 g/mol. The zero-order chi connectivity index (χ0) is 20.5. The van der Waals surface area contributed by atoms with Crippen LogP contribution in [0.5, 0.6) is 0 Å². The predicted molar refractivity (Wildman–Crippen MR) is 101 cm³/mol. The van der Waals surface area contributed by atoms with E-state index in [-0.39, 0.29) is 31.7 Å². The monoisotopic (exact) mass is 421 g/mol. The number of thiazole rings is 1. The quantitative estimate of drug-likeness (QED) is 0.477. The molecule has 1 aromatic carbocycles. The molecule has 0 radical (unpaired) electrons. The number of nitrogens with one attached hydrogen (secondary N) is 1. The topological polar surface area (TPSA) is 137 Å². The summed E-state index contributed by atoms with van der Waals surface area (Å²) < 4.78 is 26.8. The van der Waals surface area contributed by atoms with Gasteiger partial charge in [0, 0.05) is 24.4 Å². The van der Waals surface area contributed by atoms with E-state index in [1.54, 1.807) is 16.9 Å². The molecule has 28 heavy (non-hydrogen) atoms. The summed E-state index contributed by atoms with van der Waals surface area (Å²) in [5, 5.41) is 17.5. The maximum atomic E-state index is 12.6. The lowest BCUT2D eigenvalue weighted by molar-refractivity contribution is -0.384. The van der Waals surface area contributed by atoms with Crippen molar-refractivity contribution in [1.29, 1.82) is 0 Å². The summed E-state index contributed by atoms with van der Waals surface area (Å²) in [6.45, 7) is 3.84. The third-order valence-corrected chi connectivity index (χ3v) is 6.84. The minimum absolute atomic E-state index is 0.0932. The SMILES string of the molecule is CC(C)n1ccc(C(=O)Nc2ncc(S(=O)(=O)c3ccc([N+](=O)[O-])cc3)s2)n1. The Bertz CT molecular complexity index is 1130. The van der Waals surface area contributed by atoms with Gasteiger partial charge in [-0.25, -0.2) is 13.4 Å². The van der Waals surface area contributed by atoms with Gasteiger partial charge in [-0.3, -0.25) is 24.9 Å². The molecule has 0 bridgehead atoms. The summed E-state index contributed by atoms with van der Waals surface area (Å²) in [5.41, 5.74) is -0.0271. The first kappa shape index (κ1) is 19.6. The highest BCUT2D eigenvalue weighted by Gasteiger charge is 2.23. The molecule has 3 aromatic rings.